The van der Waals surface area contributed by atoms with E-state index in [2.05, 4.69) is 6.58 Å². The maximum atomic E-state index is 9.23. The lowest BCUT2D eigenvalue weighted by Gasteiger charge is -1.98. The summed E-state index contributed by atoms with van der Waals surface area (Å²) < 4.78 is 5.26. The molecule has 2 heteroatoms. The van der Waals surface area contributed by atoms with Crippen molar-refractivity contribution in [3.8, 4) is 0 Å². The molecule has 1 rings (SSSR count). The molecule has 0 fully saturated rings. The molecule has 0 aliphatic heterocycles. The Labute approximate surface area is 66.2 Å². The second-order valence-electron chi connectivity index (χ2n) is 2.34. The second-order valence-corrected chi connectivity index (χ2v) is 2.34. The highest BCUT2D eigenvalue weighted by Crippen LogP contribution is 2.16. The van der Waals surface area contributed by atoms with Crippen LogP contribution < -0.4 is 0 Å². The van der Waals surface area contributed by atoms with E-state index in [9.17, 15) is 5.11 Å². The van der Waals surface area contributed by atoms with Crippen molar-refractivity contribution >= 4 is 0 Å². The van der Waals surface area contributed by atoms with Gasteiger partial charge in [0.05, 0.1) is 0 Å². The average molecular weight is 152 g/mol. The zero-order valence-corrected chi connectivity index (χ0v) is 6.58. The highest BCUT2D eigenvalue weighted by Gasteiger charge is 2.06. The van der Waals surface area contributed by atoms with Crippen molar-refractivity contribution < 1.29 is 9.52 Å². The van der Waals surface area contributed by atoms with Gasteiger partial charge in [-0.3, -0.25) is 0 Å². The monoisotopic (exact) mass is 152 g/mol. The molecule has 1 unspecified atom stereocenters. The van der Waals surface area contributed by atoms with E-state index >= 15 is 0 Å². The Morgan fingerprint density at radius 1 is 1.73 bits per heavy atom. The normalized spacial score (nSPS) is 12.9. The molecule has 1 aromatic rings. The van der Waals surface area contributed by atoms with E-state index in [-0.39, 0.29) is 0 Å². The molecule has 2 nitrogen and oxygen atoms in total. The minimum atomic E-state index is -0.671. The van der Waals surface area contributed by atoms with Gasteiger partial charge in [0.25, 0.3) is 0 Å². The number of aliphatic hydroxyl groups is 1. The standard InChI is InChI=1S/C9H12O2/c1-3-7-5-6-9(11-7)8(10)4-2/h4-6,8,10H,2-3H2,1H3. The third-order valence-electron chi connectivity index (χ3n) is 1.55. The minimum absolute atomic E-state index is 0.567. The third-order valence-corrected chi connectivity index (χ3v) is 1.55. The molecule has 0 bridgehead atoms. The lowest BCUT2D eigenvalue weighted by atomic mass is 10.3. The Morgan fingerprint density at radius 2 is 2.45 bits per heavy atom. The predicted octanol–water partition coefficient (Wildman–Crippen LogP) is 2.06. The zero-order valence-electron chi connectivity index (χ0n) is 6.58. The fourth-order valence-corrected chi connectivity index (χ4v) is 0.860. The first-order chi connectivity index (χ1) is 5.27. The topological polar surface area (TPSA) is 33.4 Å². The van der Waals surface area contributed by atoms with Crippen LogP contribution in [0.2, 0.25) is 0 Å². The van der Waals surface area contributed by atoms with Crippen molar-refractivity contribution in [2.75, 3.05) is 0 Å². The largest absolute Gasteiger partial charge is 0.463 e. The smallest absolute Gasteiger partial charge is 0.136 e. The van der Waals surface area contributed by atoms with Crippen LogP contribution in [0.5, 0.6) is 0 Å². The van der Waals surface area contributed by atoms with Gasteiger partial charge < -0.3 is 9.52 Å². The average Bonchev–Trinajstić information content (AvgIpc) is 2.50. The van der Waals surface area contributed by atoms with Crippen LogP contribution in [0.3, 0.4) is 0 Å². The second kappa shape index (κ2) is 3.39. The predicted molar refractivity (Wildman–Crippen MR) is 43.2 cm³/mol. The Kier molecular flexibility index (Phi) is 2.49. The first-order valence-electron chi connectivity index (χ1n) is 3.67. The van der Waals surface area contributed by atoms with Gasteiger partial charge in [-0.25, -0.2) is 0 Å². The summed E-state index contributed by atoms with van der Waals surface area (Å²) in [5, 5.41) is 9.23. The van der Waals surface area contributed by atoms with Crippen LogP contribution >= 0.6 is 0 Å². The van der Waals surface area contributed by atoms with Gasteiger partial charge in [-0.05, 0) is 12.1 Å². The van der Waals surface area contributed by atoms with Gasteiger partial charge in [-0.2, -0.15) is 0 Å². The van der Waals surface area contributed by atoms with Crippen LogP contribution in [-0.4, -0.2) is 5.11 Å². The molecule has 0 radical (unpaired) electrons. The summed E-state index contributed by atoms with van der Waals surface area (Å²) in [7, 11) is 0. The van der Waals surface area contributed by atoms with Crippen molar-refractivity contribution in [3.05, 3.63) is 36.3 Å². The number of aryl methyl sites for hydroxylation is 1. The molecule has 0 saturated carbocycles. The number of hydrogen-bond acceptors (Lipinski definition) is 2. The summed E-state index contributed by atoms with van der Waals surface area (Å²) in [4.78, 5) is 0. The molecular weight excluding hydrogens is 140 g/mol. The molecule has 1 heterocycles. The van der Waals surface area contributed by atoms with Crippen LogP contribution in [-0.2, 0) is 6.42 Å². The Bertz CT molecular complexity index is 237. The molecule has 1 atom stereocenters. The first-order valence-corrected chi connectivity index (χ1v) is 3.67. The summed E-state index contributed by atoms with van der Waals surface area (Å²) >= 11 is 0. The van der Waals surface area contributed by atoms with Gasteiger partial charge in [0.1, 0.15) is 17.6 Å². The molecule has 0 aromatic carbocycles. The summed E-state index contributed by atoms with van der Waals surface area (Å²) in [5.74, 6) is 1.46. The van der Waals surface area contributed by atoms with E-state index in [1.807, 2.05) is 13.0 Å². The highest BCUT2D eigenvalue weighted by atomic mass is 16.4. The lowest BCUT2D eigenvalue weighted by molar-refractivity contribution is 0.195. The fraction of sp³-hybridized carbons (Fsp3) is 0.333. The first kappa shape index (κ1) is 8.08. The summed E-state index contributed by atoms with van der Waals surface area (Å²) in [5.41, 5.74) is 0. The van der Waals surface area contributed by atoms with Crippen LogP contribution in [0, 0.1) is 0 Å². The van der Waals surface area contributed by atoms with Gasteiger partial charge in [0.15, 0.2) is 0 Å². The van der Waals surface area contributed by atoms with Crippen molar-refractivity contribution in [1.82, 2.24) is 0 Å². The zero-order chi connectivity index (χ0) is 8.27. The Hall–Kier alpha value is -1.02. The van der Waals surface area contributed by atoms with Crippen molar-refractivity contribution in [2.45, 2.75) is 19.4 Å². The molecule has 0 spiro atoms. The van der Waals surface area contributed by atoms with E-state index < -0.39 is 6.10 Å². The molecule has 60 valence electrons. The Balaban J connectivity index is 2.79. The quantitative estimate of drug-likeness (QED) is 0.672. The number of aliphatic hydroxyl groups excluding tert-OH is 1. The molecule has 0 amide bonds. The third kappa shape index (κ3) is 1.71. The maximum Gasteiger partial charge on any atom is 0.136 e. The maximum absolute atomic E-state index is 9.23. The Morgan fingerprint density at radius 3 is 2.91 bits per heavy atom. The number of hydrogen-bond donors (Lipinski definition) is 1. The number of rotatable bonds is 3. The molecule has 0 saturated heterocycles. The van der Waals surface area contributed by atoms with Crippen molar-refractivity contribution in [3.63, 3.8) is 0 Å². The fourth-order valence-electron chi connectivity index (χ4n) is 0.860. The van der Waals surface area contributed by atoms with Crippen LogP contribution in [0.4, 0.5) is 0 Å². The number of furan rings is 1. The van der Waals surface area contributed by atoms with Gasteiger partial charge >= 0.3 is 0 Å². The van der Waals surface area contributed by atoms with E-state index in [4.69, 9.17) is 4.42 Å². The van der Waals surface area contributed by atoms with Crippen LogP contribution in [0.25, 0.3) is 0 Å². The van der Waals surface area contributed by atoms with Gasteiger partial charge in [0.2, 0.25) is 0 Å². The lowest BCUT2D eigenvalue weighted by Crippen LogP contribution is -1.88. The molecule has 0 aliphatic carbocycles. The van der Waals surface area contributed by atoms with E-state index in [1.165, 1.54) is 6.08 Å². The summed E-state index contributed by atoms with van der Waals surface area (Å²) in [6, 6.07) is 3.63. The molecule has 0 aliphatic rings. The van der Waals surface area contributed by atoms with Crippen LogP contribution in [0.1, 0.15) is 24.5 Å². The van der Waals surface area contributed by atoms with E-state index in [0.29, 0.717) is 5.76 Å². The van der Waals surface area contributed by atoms with Crippen molar-refractivity contribution in [1.29, 1.82) is 0 Å². The van der Waals surface area contributed by atoms with Crippen molar-refractivity contribution in [2.24, 2.45) is 0 Å². The summed E-state index contributed by atoms with van der Waals surface area (Å²) in [6.07, 6.45) is 1.62. The van der Waals surface area contributed by atoms with Gasteiger partial charge in [-0.15, -0.1) is 6.58 Å². The van der Waals surface area contributed by atoms with Crippen LogP contribution in [0.15, 0.2) is 29.2 Å². The van der Waals surface area contributed by atoms with Gasteiger partial charge in [-0.1, -0.05) is 13.0 Å². The highest BCUT2D eigenvalue weighted by molar-refractivity contribution is 5.12. The SMILES string of the molecule is C=CC(O)c1ccc(CC)o1. The minimum Gasteiger partial charge on any atom is -0.463 e. The van der Waals surface area contributed by atoms with E-state index in [1.54, 1.807) is 6.07 Å². The van der Waals surface area contributed by atoms with Gasteiger partial charge in [0, 0.05) is 6.42 Å². The summed E-state index contributed by atoms with van der Waals surface area (Å²) in [6.45, 7) is 5.46. The molecule has 11 heavy (non-hydrogen) atoms. The van der Waals surface area contributed by atoms with E-state index in [0.717, 1.165) is 12.2 Å². The molecular formula is C9H12O2. The molecule has 1 aromatic heterocycles. The molecule has 1 N–H and O–H groups in total.